The molecule has 2 aliphatic rings. The van der Waals surface area contributed by atoms with Gasteiger partial charge in [0.2, 0.25) is 5.91 Å². The number of anilines is 2. The molecule has 27 heavy (non-hydrogen) atoms. The molecule has 0 aliphatic carbocycles. The summed E-state index contributed by atoms with van der Waals surface area (Å²) in [6.07, 6.45) is 5.92. The molecule has 2 aliphatic heterocycles. The monoisotopic (exact) mass is 376 g/mol. The van der Waals surface area contributed by atoms with Gasteiger partial charge in [0, 0.05) is 45.8 Å². The van der Waals surface area contributed by atoms with Crippen LogP contribution in [0.4, 0.5) is 11.5 Å². The van der Waals surface area contributed by atoms with Crippen molar-refractivity contribution in [3.8, 4) is 0 Å². The number of hydrogen-bond acceptors (Lipinski definition) is 6. The zero-order valence-corrected chi connectivity index (χ0v) is 16.5. The molecule has 0 bridgehead atoms. The van der Waals surface area contributed by atoms with Crippen LogP contribution in [-0.2, 0) is 14.3 Å². The highest BCUT2D eigenvalue weighted by molar-refractivity contribution is 5.77. The number of carbonyl (C=O) groups is 1. The third-order valence-electron chi connectivity index (χ3n) is 5.26. The minimum absolute atomic E-state index is 0.103. The van der Waals surface area contributed by atoms with Crippen LogP contribution in [0, 0.1) is 5.92 Å². The smallest absolute Gasteiger partial charge is 0.248 e. The van der Waals surface area contributed by atoms with E-state index >= 15 is 0 Å². The number of nitrogens with one attached hydrogen (secondary N) is 1. The number of hydrogen-bond donors (Lipinski definition) is 1. The van der Waals surface area contributed by atoms with E-state index in [1.807, 2.05) is 36.2 Å². The van der Waals surface area contributed by atoms with Crippen molar-refractivity contribution in [2.75, 3.05) is 63.8 Å². The third-order valence-corrected chi connectivity index (χ3v) is 5.26. The molecule has 0 radical (unpaired) electrons. The Labute approximate surface area is 162 Å². The second-order valence-corrected chi connectivity index (χ2v) is 7.70. The van der Waals surface area contributed by atoms with Crippen molar-refractivity contribution in [2.24, 2.45) is 5.92 Å². The topological polar surface area (TPSA) is 66.9 Å². The van der Waals surface area contributed by atoms with Crippen molar-refractivity contribution < 1.29 is 14.3 Å². The fourth-order valence-corrected chi connectivity index (χ4v) is 3.58. The van der Waals surface area contributed by atoms with Gasteiger partial charge in [0.15, 0.2) is 0 Å². The van der Waals surface area contributed by atoms with Crippen molar-refractivity contribution in [1.82, 2.24) is 9.88 Å². The van der Waals surface area contributed by atoms with E-state index in [-0.39, 0.29) is 12.5 Å². The number of carbonyl (C=O) groups excluding carboxylic acids is 1. The van der Waals surface area contributed by atoms with Crippen LogP contribution in [0.3, 0.4) is 0 Å². The number of amides is 1. The predicted molar refractivity (Wildman–Crippen MR) is 106 cm³/mol. The number of nitrogens with zero attached hydrogens (tertiary/aromatic N) is 3. The summed E-state index contributed by atoms with van der Waals surface area (Å²) in [5.74, 6) is 1.50. The fourth-order valence-electron chi connectivity index (χ4n) is 3.58. The molecular weight excluding hydrogens is 344 g/mol. The first-order valence-electron chi connectivity index (χ1n) is 9.95. The lowest BCUT2D eigenvalue weighted by Gasteiger charge is -2.21. The third kappa shape index (κ3) is 6.07. The number of ether oxygens (including phenoxy) is 2. The lowest BCUT2D eigenvalue weighted by Crippen LogP contribution is -2.35. The first kappa shape index (κ1) is 19.9. The fraction of sp³-hybridized carbons (Fsp3) is 0.700. The van der Waals surface area contributed by atoms with Gasteiger partial charge in [-0.25, -0.2) is 4.98 Å². The minimum Gasteiger partial charge on any atom is -0.381 e. The summed E-state index contributed by atoms with van der Waals surface area (Å²) in [7, 11) is 3.97. The van der Waals surface area contributed by atoms with Gasteiger partial charge in [-0.1, -0.05) is 0 Å². The van der Waals surface area contributed by atoms with Gasteiger partial charge in [-0.3, -0.25) is 4.79 Å². The van der Waals surface area contributed by atoms with E-state index in [0.717, 1.165) is 63.5 Å². The van der Waals surface area contributed by atoms with Crippen LogP contribution >= 0.6 is 0 Å². The molecule has 0 saturated carbocycles. The molecule has 0 spiro atoms. The van der Waals surface area contributed by atoms with Gasteiger partial charge in [-0.2, -0.15) is 0 Å². The maximum atomic E-state index is 12.4. The first-order valence-corrected chi connectivity index (χ1v) is 9.95. The zero-order valence-electron chi connectivity index (χ0n) is 16.5. The number of likely N-dealkylation sites (tertiary alicyclic amines) is 1. The number of rotatable bonds is 7. The van der Waals surface area contributed by atoms with Crippen LogP contribution in [0.25, 0.3) is 0 Å². The molecule has 150 valence electrons. The Balaban J connectivity index is 1.40. The highest BCUT2D eigenvalue weighted by atomic mass is 16.5. The van der Waals surface area contributed by atoms with Gasteiger partial charge >= 0.3 is 0 Å². The van der Waals surface area contributed by atoms with Crippen LogP contribution < -0.4 is 10.2 Å². The van der Waals surface area contributed by atoms with Gasteiger partial charge in [0.05, 0.1) is 25.1 Å². The lowest BCUT2D eigenvalue weighted by molar-refractivity contribution is -0.136. The van der Waals surface area contributed by atoms with E-state index in [4.69, 9.17) is 9.47 Å². The normalized spacial score (nSPS) is 23.1. The van der Waals surface area contributed by atoms with E-state index in [1.165, 1.54) is 0 Å². The number of aromatic nitrogens is 1. The van der Waals surface area contributed by atoms with Gasteiger partial charge in [-0.05, 0) is 37.8 Å². The summed E-state index contributed by atoms with van der Waals surface area (Å²) >= 11 is 0. The van der Waals surface area contributed by atoms with Crippen molar-refractivity contribution in [1.29, 1.82) is 0 Å². The Bertz CT molecular complexity index is 587. The second kappa shape index (κ2) is 9.90. The van der Waals surface area contributed by atoms with Crippen LogP contribution in [0.15, 0.2) is 18.3 Å². The average molecular weight is 377 g/mol. The molecule has 1 N–H and O–H groups in total. The molecule has 3 heterocycles. The summed E-state index contributed by atoms with van der Waals surface area (Å²) in [4.78, 5) is 20.8. The summed E-state index contributed by atoms with van der Waals surface area (Å²) in [5.41, 5.74) is 1.03. The minimum atomic E-state index is 0.103. The summed E-state index contributed by atoms with van der Waals surface area (Å²) < 4.78 is 11.0. The molecule has 3 rings (SSSR count). The van der Waals surface area contributed by atoms with Crippen molar-refractivity contribution >= 4 is 17.4 Å². The maximum absolute atomic E-state index is 12.4. The summed E-state index contributed by atoms with van der Waals surface area (Å²) in [6.45, 7) is 3.97. The van der Waals surface area contributed by atoms with E-state index in [1.54, 1.807) is 0 Å². The molecule has 7 nitrogen and oxygen atoms in total. The predicted octanol–water partition coefficient (Wildman–Crippen LogP) is 1.99. The SMILES string of the molecule is CN(C)c1ccc(N[C@H]2CCCN(C(=O)COC[C@@H]3CCOC3)CC2)cn1. The van der Waals surface area contributed by atoms with Crippen molar-refractivity contribution in [3.63, 3.8) is 0 Å². The molecule has 2 atom stereocenters. The van der Waals surface area contributed by atoms with E-state index in [9.17, 15) is 4.79 Å². The highest BCUT2D eigenvalue weighted by Gasteiger charge is 2.22. The molecule has 1 amide bonds. The van der Waals surface area contributed by atoms with E-state index in [2.05, 4.69) is 16.4 Å². The van der Waals surface area contributed by atoms with Crippen molar-refractivity contribution in [2.45, 2.75) is 31.7 Å². The van der Waals surface area contributed by atoms with Crippen LogP contribution in [0.5, 0.6) is 0 Å². The van der Waals surface area contributed by atoms with Crippen LogP contribution in [0.1, 0.15) is 25.7 Å². The van der Waals surface area contributed by atoms with E-state index in [0.29, 0.717) is 18.6 Å². The van der Waals surface area contributed by atoms with E-state index < -0.39 is 0 Å². The molecule has 2 fully saturated rings. The van der Waals surface area contributed by atoms with Gasteiger partial charge in [0.25, 0.3) is 0 Å². The maximum Gasteiger partial charge on any atom is 0.248 e. The standard InChI is InChI=1S/C20H32N4O3/c1-23(2)19-6-5-18(12-21-19)22-17-4-3-9-24(10-7-17)20(25)15-27-14-16-8-11-26-13-16/h5-6,12,16-17,22H,3-4,7-11,13-15H2,1-2H3/t16-,17+/m1/s1. The Morgan fingerprint density at radius 3 is 2.93 bits per heavy atom. The van der Waals surface area contributed by atoms with Crippen LogP contribution in [-0.4, -0.2) is 75.4 Å². The molecule has 2 saturated heterocycles. The number of pyridine rings is 1. The average Bonchev–Trinajstić information content (AvgIpc) is 3.07. The molecule has 7 heteroatoms. The lowest BCUT2D eigenvalue weighted by atomic mass is 10.1. The molecule has 1 aromatic rings. The van der Waals surface area contributed by atoms with Gasteiger partial charge in [0.1, 0.15) is 12.4 Å². The Morgan fingerprint density at radius 1 is 1.33 bits per heavy atom. The second-order valence-electron chi connectivity index (χ2n) is 7.70. The Morgan fingerprint density at radius 2 is 2.22 bits per heavy atom. The van der Waals surface area contributed by atoms with Crippen molar-refractivity contribution in [3.05, 3.63) is 18.3 Å². The molecular formula is C20H32N4O3. The quantitative estimate of drug-likeness (QED) is 0.785. The first-order chi connectivity index (χ1) is 13.1. The summed E-state index contributed by atoms with van der Waals surface area (Å²) in [5, 5.41) is 3.56. The Hall–Kier alpha value is -1.86. The molecule has 0 aromatic carbocycles. The molecule has 1 aromatic heterocycles. The largest absolute Gasteiger partial charge is 0.381 e. The van der Waals surface area contributed by atoms with Gasteiger partial charge < -0.3 is 24.6 Å². The molecule has 0 unspecified atom stereocenters. The Kier molecular flexibility index (Phi) is 7.29. The zero-order chi connectivity index (χ0) is 19.1. The van der Waals surface area contributed by atoms with Crippen LogP contribution in [0.2, 0.25) is 0 Å². The highest BCUT2D eigenvalue weighted by Crippen LogP contribution is 2.18. The summed E-state index contributed by atoms with van der Waals surface area (Å²) in [6, 6.07) is 4.45. The van der Waals surface area contributed by atoms with Gasteiger partial charge in [-0.15, -0.1) is 0 Å².